The molecule has 0 bridgehead atoms. The highest BCUT2D eigenvalue weighted by Gasteiger charge is 2.12. The third kappa shape index (κ3) is 10.6. The second-order valence-electron chi connectivity index (χ2n) is 7.66. The van der Waals surface area contributed by atoms with Crippen LogP contribution in [-0.2, 0) is 11.5 Å². The van der Waals surface area contributed by atoms with Gasteiger partial charge in [-0.05, 0) is 30.7 Å². The average molecular weight is 546 g/mol. The zero-order valence-electron chi connectivity index (χ0n) is 21.3. The highest BCUT2D eigenvalue weighted by atomic mass is 32.2. The van der Waals surface area contributed by atoms with Crippen molar-refractivity contribution >= 4 is 35.4 Å². The SMILES string of the molecule is COc1cccnc1CSCCNC(=N)N(C#N)CCCN(CCSCc1ncccc1OC)C(=N)N. The van der Waals surface area contributed by atoms with Gasteiger partial charge in [0.05, 0.1) is 25.6 Å². The van der Waals surface area contributed by atoms with Crippen LogP contribution in [0.15, 0.2) is 36.7 Å². The van der Waals surface area contributed by atoms with Gasteiger partial charge in [0.2, 0.25) is 5.96 Å². The van der Waals surface area contributed by atoms with Crippen molar-refractivity contribution in [3.63, 3.8) is 0 Å². The molecule has 2 aromatic heterocycles. The molecule has 0 aliphatic carbocycles. The van der Waals surface area contributed by atoms with E-state index in [1.165, 1.54) is 4.90 Å². The van der Waals surface area contributed by atoms with E-state index in [1.807, 2.05) is 24.3 Å². The molecule has 2 aromatic rings. The molecule has 37 heavy (non-hydrogen) atoms. The molecule has 2 heterocycles. The minimum atomic E-state index is -0.00529. The Balaban J connectivity index is 1.65. The van der Waals surface area contributed by atoms with Crippen molar-refractivity contribution in [3.05, 3.63) is 48.0 Å². The number of nitrogens with one attached hydrogen (secondary N) is 3. The Morgan fingerprint density at radius 2 is 1.59 bits per heavy atom. The van der Waals surface area contributed by atoms with Crippen molar-refractivity contribution in [2.45, 2.75) is 17.9 Å². The molecule has 0 spiro atoms. The summed E-state index contributed by atoms with van der Waals surface area (Å²) in [5.41, 5.74) is 7.53. The minimum absolute atomic E-state index is 0.00529. The second kappa shape index (κ2) is 17.1. The number of hydrogen-bond donors (Lipinski definition) is 4. The first-order valence-corrected chi connectivity index (χ1v) is 14.0. The van der Waals surface area contributed by atoms with Crippen LogP contribution in [-0.4, -0.2) is 83.6 Å². The molecular formula is C24H35N9O2S2. The van der Waals surface area contributed by atoms with Gasteiger partial charge < -0.3 is 25.4 Å². The minimum Gasteiger partial charge on any atom is -0.495 e. The lowest BCUT2D eigenvalue weighted by Gasteiger charge is -2.24. The van der Waals surface area contributed by atoms with Gasteiger partial charge in [0, 0.05) is 61.6 Å². The van der Waals surface area contributed by atoms with Gasteiger partial charge in [-0.2, -0.15) is 28.8 Å². The topological polar surface area (TPSA) is 160 Å². The summed E-state index contributed by atoms with van der Waals surface area (Å²) in [4.78, 5) is 11.8. The fraction of sp³-hybridized carbons (Fsp3) is 0.458. The molecule has 0 atom stereocenters. The summed E-state index contributed by atoms with van der Waals surface area (Å²) in [5, 5.41) is 28.5. The Labute approximate surface area is 227 Å². The van der Waals surface area contributed by atoms with Crippen molar-refractivity contribution in [3.8, 4) is 17.7 Å². The maximum absolute atomic E-state index is 9.47. The first kappa shape index (κ1) is 29.9. The first-order chi connectivity index (χ1) is 18.0. The number of hydrogen-bond acceptors (Lipinski definition) is 9. The standard InChI is InChI=1S/C24H35N9O2S2/c1-34-21-6-3-8-29-19(21)16-36-14-10-31-24(28)33(18-25)12-5-11-32(23(26)27)13-15-37-17-20-22(35-2)7-4-9-30-20/h3-4,6-9H,5,10-17H2,1-2H3,(H3,26,27)(H2,28,31). The molecule has 0 saturated heterocycles. The molecule has 0 saturated carbocycles. The van der Waals surface area contributed by atoms with Crippen molar-refractivity contribution in [1.82, 2.24) is 25.1 Å². The number of nitrogens with zero attached hydrogens (tertiary/aromatic N) is 5. The van der Waals surface area contributed by atoms with Gasteiger partial charge in [0.15, 0.2) is 12.2 Å². The Morgan fingerprint density at radius 1 is 1.00 bits per heavy atom. The van der Waals surface area contributed by atoms with E-state index in [0.717, 1.165) is 34.4 Å². The van der Waals surface area contributed by atoms with Crippen LogP contribution in [0.2, 0.25) is 0 Å². The van der Waals surface area contributed by atoms with Gasteiger partial charge >= 0.3 is 0 Å². The molecule has 0 radical (unpaired) electrons. The summed E-state index contributed by atoms with van der Waals surface area (Å²) in [6, 6.07) is 7.44. The molecule has 11 nitrogen and oxygen atoms in total. The maximum Gasteiger partial charge on any atom is 0.204 e. The van der Waals surface area contributed by atoms with Gasteiger partial charge in [-0.1, -0.05) is 0 Å². The van der Waals surface area contributed by atoms with Crippen molar-refractivity contribution < 1.29 is 9.47 Å². The van der Waals surface area contributed by atoms with E-state index < -0.39 is 0 Å². The normalized spacial score (nSPS) is 10.3. The van der Waals surface area contributed by atoms with Crippen molar-refractivity contribution in [1.29, 1.82) is 16.1 Å². The molecule has 0 aromatic carbocycles. The highest BCUT2D eigenvalue weighted by Crippen LogP contribution is 2.21. The Bertz CT molecular complexity index is 1040. The van der Waals surface area contributed by atoms with Crippen molar-refractivity contribution in [2.24, 2.45) is 5.73 Å². The van der Waals surface area contributed by atoms with Crippen LogP contribution < -0.4 is 20.5 Å². The highest BCUT2D eigenvalue weighted by molar-refractivity contribution is 7.98. The van der Waals surface area contributed by atoms with E-state index in [4.69, 9.17) is 26.0 Å². The van der Waals surface area contributed by atoms with Gasteiger partial charge in [-0.15, -0.1) is 0 Å². The van der Waals surface area contributed by atoms with E-state index in [2.05, 4.69) is 21.5 Å². The van der Waals surface area contributed by atoms with Crippen molar-refractivity contribution in [2.75, 3.05) is 51.9 Å². The Morgan fingerprint density at radius 3 is 2.14 bits per heavy atom. The summed E-state index contributed by atoms with van der Waals surface area (Å²) >= 11 is 3.36. The largest absolute Gasteiger partial charge is 0.495 e. The number of nitrogens with two attached hydrogens (primary N) is 1. The molecule has 0 fully saturated rings. The fourth-order valence-electron chi connectivity index (χ4n) is 3.27. The molecule has 13 heteroatoms. The summed E-state index contributed by atoms with van der Waals surface area (Å²) in [6.45, 7) is 2.04. The lowest BCUT2D eigenvalue weighted by molar-refractivity contribution is 0.399. The molecule has 200 valence electrons. The van der Waals surface area contributed by atoms with E-state index >= 15 is 0 Å². The zero-order valence-corrected chi connectivity index (χ0v) is 22.9. The summed E-state index contributed by atoms with van der Waals surface area (Å²) in [6.07, 6.45) is 6.12. The number of rotatable bonds is 16. The third-order valence-electron chi connectivity index (χ3n) is 5.20. The number of guanidine groups is 2. The fourth-order valence-corrected chi connectivity index (χ4v) is 4.97. The first-order valence-electron chi connectivity index (χ1n) is 11.7. The molecule has 2 rings (SSSR count). The van der Waals surface area contributed by atoms with Crippen LogP contribution in [0, 0.1) is 22.3 Å². The Hall–Kier alpha value is -3.37. The number of ether oxygens (including phenoxy) is 2. The third-order valence-corrected chi connectivity index (χ3v) is 7.12. The zero-order chi connectivity index (χ0) is 26.9. The smallest absolute Gasteiger partial charge is 0.204 e. The number of nitriles is 1. The van der Waals surface area contributed by atoms with E-state index in [1.54, 1.807) is 55.0 Å². The molecule has 0 aliphatic heterocycles. The number of methoxy groups -OCH3 is 2. The monoisotopic (exact) mass is 545 g/mol. The van der Waals surface area contributed by atoms with Gasteiger partial charge in [-0.25, -0.2) is 4.90 Å². The van der Waals surface area contributed by atoms with Gasteiger partial charge in [0.25, 0.3) is 0 Å². The molecule has 0 unspecified atom stereocenters. The maximum atomic E-state index is 9.47. The van der Waals surface area contributed by atoms with Gasteiger partial charge in [0.1, 0.15) is 11.5 Å². The Kier molecular flexibility index (Phi) is 13.8. The van der Waals surface area contributed by atoms with Gasteiger partial charge in [-0.3, -0.25) is 20.8 Å². The lowest BCUT2D eigenvalue weighted by Crippen LogP contribution is -2.42. The van der Waals surface area contributed by atoms with E-state index in [0.29, 0.717) is 44.1 Å². The van der Waals surface area contributed by atoms with Crippen LogP contribution in [0.1, 0.15) is 17.8 Å². The molecule has 5 N–H and O–H groups in total. The van der Waals surface area contributed by atoms with Crippen LogP contribution in [0.5, 0.6) is 11.5 Å². The predicted octanol–water partition coefficient (Wildman–Crippen LogP) is 2.55. The number of thioether (sulfide) groups is 2. The summed E-state index contributed by atoms with van der Waals surface area (Å²) in [5.74, 6) is 4.50. The second-order valence-corrected chi connectivity index (χ2v) is 9.87. The van der Waals surface area contributed by atoms with E-state index in [9.17, 15) is 5.26 Å². The van der Waals surface area contributed by atoms with Crippen LogP contribution >= 0.6 is 23.5 Å². The molecule has 0 aliphatic rings. The summed E-state index contributed by atoms with van der Waals surface area (Å²) in [7, 11) is 3.25. The predicted molar refractivity (Wildman–Crippen MR) is 150 cm³/mol. The average Bonchev–Trinajstić information content (AvgIpc) is 2.92. The van der Waals surface area contributed by atoms with E-state index in [-0.39, 0.29) is 11.9 Å². The summed E-state index contributed by atoms with van der Waals surface area (Å²) < 4.78 is 10.6. The molecular weight excluding hydrogens is 510 g/mol. The quantitative estimate of drug-likeness (QED) is 0.0807. The molecule has 0 amide bonds. The van der Waals surface area contributed by atoms with Crippen LogP contribution in [0.25, 0.3) is 0 Å². The van der Waals surface area contributed by atoms with Crippen LogP contribution in [0.3, 0.4) is 0 Å². The lowest BCUT2D eigenvalue weighted by atomic mass is 10.3. The van der Waals surface area contributed by atoms with Crippen LogP contribution in [0.4, 0.5) is 0 Å². The number of aromatic nitrogens is 2. The number of pyridine rings is 2.